The molecule has 2 heteroatoms. The molecule has 0 amide bonds. The zero-order valence-corrected chi connectivity index (χ0v) is 6.34. The summed E-state index contributed by atoms with van der Waals surface area (Å²) < 4.78 is 2.16. The number of aromatic nitrogens is 1. The summed E-state index contributed by atoms with van der Waals surface area (Å²) in [7, 11) is 0. The number of pyridine rings is 1. The van der Waals surface area contributed by atoms with Crippen molar-refractivity contribution in [1.82, 2.24) is 0 Å². The van der Waals surface area contributed by atoms with Gasteiger partial charge in [0.05, 0.1) is 0 Å². The Balaban J connectivity index is 0.000000810. The van der Waals surface area contributed by atoms with Crippen LogP contribution < -0.4 is 9.27 Å². The van der Waals surface area contributed by atoms with Gasteiger partial charge in [0, 0.05) is 11.6 Å². The predicted octanol–water partition coefficient (Wildman–Crippen LogP) is -1.69. The van der Waals surface area contributed by atoms with Crippen molar-refractivity contribution < 1.29 is 9.27 Å². The Bertz CT molecular complexity index is 198. The Morgan fingerprint density at radius 1 is 1.50 bits per heavy atom. The minimum Gasteiger partial charge on any atom is -1.00 e. The second-order valence-electron chi connectivity index (χ2n) is 2.21. The van der Waals surface area contributed by atoms with Crippen molar-refractivity contribution in [2.24, 2.45) is 0 Å². The highest BCUT2D eigenvalue weighted by Crippen LogP contribution is 1.88. The van der Waals surface area contributed by atoms with Gasteiger partial charge in [0.1, 0.15) is 6.54 Å². The van der Waals surface area contributed by atoms with Gasteiger partial charge >= 0.3 is 0 Å². The van der Waals surface area contributed by atoms with Gasteiger partial charge in [-0.15, -0.1) is 0 Å². The SMILES string of the molecule is CC[n+]1cccc(C)c1.[F-]. The maximum absolute atomic E-state index is 2.16. The molecule has 0 aliphatic heterocycles. The molecule has 0 saturated heterocycles. The molecule has 0 radical (unpaired) electrons. The van der Waals surface area contributed by atoms with Crippen molar-refractivity contribution >= 4 is 0 Å². The molecule has 1 rings (SSSR count). The minimum absolute atomic E-state index is 0. The quantitative estimate of drug-likeness (QED) is 0.411. The van der Waals surface area contributed by atoms with E-state index in [1.54, 1.807) is 0 Å². The third-order valence-corrected chi connectivity index (χ3v) is 1.37. The highest BCUT2D eigenvalue weighted by molar-refractivity contribution is 5.01. The van der Waals surface area contributed by atoms with Crippen LogP contribution in [0.4, 0.5) is 0 Å². The molecule has 0 atom stereocenters. The second-order valence-corrected chi connectivity index (χ2v) is 2.21. The van der Waals surface area contributed by atoms with Gasteiger partial charge in [0.15, 0.2) is 12.4 Å². The number of nitrogens with zero attached hydrogens (tertiary/aromatic N) is 1. The molecular weight excluding hydrogens is 129 g/mol. The van der Waals surface area contributed by atoms with Gasteiger partial charge in [-0.05, 0) is 19.9 Å². The number of rotatable bonds is 1. The number of halogens is 1. The lowest BCUT2D eigenvalue weighted by molar-refractivity contribution is -0.693. The fraction of sp³-hybridized carbons (Fsp3) is 0.375. The summed E-state index contributed by atoms with van der Waals surface area (Å²) in [5.41, 5.74) is 1.32. The molecule has 0 N–H and O–H groups in total. The predicted molar refractivity (Wildman–Crippen MR) is 37.0 cm³/mol. The fourth-order valence-corrected chi connectivity index (χ4v) is 0.850. The maximum Gasteiger partial charge on any atom is 0.171 e. The molecule has 0 aliphatic carbocycles. The Labute approximate surface area is 60.7 Å². The van der Waals surface area contributed by atoms with Crippen LogP contribution in [0.1, 0.15) is 12.5 Å². The normalized spacial score (nSPS) is 8.60. The number of aryl methyl sites for hydroxylation is 2. The summed E-state index contributed by atoms with van der Waals surface area (Å²) in [6, 6.07) is 4.17. The van der Waals surface area contributed by atoms with Gasteiger partial charge in [-0.1, -0.05) is 0 Å². The van der Waals surface area contributed by atoms with E-state index >= 15 is 0 Å². The first kappa shape index (κ1) is 9.08. The maximum atomic E-state index is 2.16. The molecule has 56 valence electrons. The van der Waals surface area contributed by atoms with Crippen molar-refractivity contribution in [3.05, 3.63) is 30.1 Å². The first-order valence-electron chi connectivity index (χ1n) is 3.28. The molecule has 0 spiro atoms. The average molecular weight is 141 g/mol. The van der Waals surface area contributed by atoms with E-state index in [1.165, 1.54) is 5.56 Å². The van der Waals surface area contributed by atoms with E-state index in [0.717, 1.165) is 6.54 Å². The smallest absolute Gasteiger partial charge is 0.171 e. The first-order valence-corrected chi connectivity index (χ1v) is 3.28. The van der Waals surface area contributed by atoms with Gasteiger partial charge in [-0.25, -0.2) is 4.57 Å². The van der Waals surface area contributed by atoms with E-state index in [0.29, 0.717) is 0 Å². The molecular formula is C8H12FN. The van der Waals surface area contributed by atoms with Crippen LogP contribution in [0.15, 0.2) is 24.5 Å². The molecule has 1 heterocycles. The molecule has 1 nitrogen and oxygen atoms in total. The van der Waals surface area contributed by atoms with Crippen LogP contribution in [0.25, 0.3) is 0 Å². The van der Waals surface area contributed by atoms with Crippen LogP contribution in [0.5, 0.6) is 0 Å². The summed E-state index contributed by atoms with van der Waals surface area (Å²) in [4.78, 5) is 0. The Kier molecular flexibility index (Phi) is 3.62. The van der Waals surface area contributed by atoms with Gasteiger partial charge in [0.2, 0.25) is 0 Å². The molecule has 10 heavy (non-hydrogen) atoms. The van der Waals surface area contributed by atoms with Crippen molar-refractivity contribution in [1.29, 1.82) is 0 Å². The third kappa shape index (κ3) is 2.13. The lowest BCUT2D eigenvalue weighted by Gasteiger charge is -1.90. The highest BCUT2D eigenvalue weighted by Gasteiger charge is 1.92. The zero-order chi connectivity index (χ0) is 6.69. The van der Waals surface area contributed by atoms with E-state index < -0.39 is 0 Å². The summed E-state index contributed by atoms with van der Waals surface area (Å²) in [6.07, 6.45) is 4.22. The van der Waals surface area contributed by atoms with E-state index in [4.69, 9.17) is 0 Å². The Hall–Kier alpha value is -0.920. The van der Waals surface area contributed by atoms with Crippen molar-refractivity contribution in [3.63, 3.8) is 0 Å². The van der Waals surface area contributed by atoms with E-state index in [9.17, 15) is 0 Å². The van der Waals surface area contributed by atoms with Crippen LogP contribution in [0.2, 0.25) is 0 Å². The monoisotopic (exact) mass is 141 g/mol. The van der Waals surface area contributed by atoms with Gasteiger partial charge in [-0.2, -0.15) is 0 Å². The van der Waals surface area contributed by atoms with Crippen molar-refractivity contribution in [3.8, 4) is 0 Å². The number of hydrogen-bond donors (Lipinski definition) is 0. The van der Waals surface area contributed by atoms with Crippen molar-refractivity contribution in [2.75, 3.05) is 0 Å². The lowest BCUT2D eigenvalue weighted by Crippen LogP contribution is -3.00. The number of hydrogen-bond acceptors (Lipinski definition) is 0. The third-order valence-electron chi connectivity index (χ3n) is 1.37. The summed E-state index contributed by atoms with van der Waals surface area (Å²) in [6.45, 7) is 5.30. The molecule has 0 bridgehead atoms. The molecule has 0 aliphatic rings. The van der Waals surface area contributed by atoms with E-state index in [1.807, 2.05) is 0 Å². The highest BCUT2D eigenvalue weighted by atomic mass is 19.0. The topological polar surface area (TPSA) is 3.88 Å². The molecule has 1 aromatic heterocycles. The Morgan fingerprint density at radius 2 is 2.20 bits per heavy atom. The van der Waals surface area contributed by atoms with Crippen LogP contribution in [0, 0.1) is 6.92 Å². The zero-order valence-electron chi connectivity index (χ0n) is 6.34. The molecule has 1 aromatic rings. The second kappa shape index (κ2) is 3.99. The first-order chi connectivity index (χ1) is 4.33. The van der Waals surface area contributed by atoms with Gasteiger partial charge in [0.25, 0.3) is 0 Å². The minimum atomic E-state index is 0. The lowest BCUT2D eigenvalue weighted by atomic mass is 10.3. The van der Waals surface area contributed by atoms with E-state index in [2.05, 4.69) is 42.9 Å². The average Bonchev–Trinajstić information content (AvgIpc) is 1.88. The Morgan fingerprint density at radius 3 is 2.60 bits per heavy atom. The van der Waals surface area contributed by atoms with Crippen LogP contribution >= 0.6 is 0 Å². The molecule has 0 fully saturated rings. The van der Waals surface area contributed by atoms with Crippen LogP contribution in [-0.2, 0) is 6.54 Å². The summed E-state index contributed by atoms with van der Waals surface area (Å²) in [5, 5.41) is 0. The standard InChI is InChI=1S/C8H12N.FH/c1-3-9-6-4-5-8(2)7-9;/h4-7H,3H2,1-2H3;1H/q+1;/p-1. The molecule has 0 aromatic carbocycles. The van der Waals surface area contributed by atoms with Crippen molar-refractivity contribution in [2.45, 2.75) is 20.4 Å². The van der Waals surface area contributed by atoms with Gasteiger partial charge < -0.3 is 4.70 Å². The van der Waals surface area contributed by atoms with Gasteiger partial charge in [-0.3, -0.25) is 0 Å². The molecule has 0 unspecified atom stereocenters. The fourth-order valence-electron chi connectivity index (χ4n) is 0.850. The van der Waals surface area contributed by atoms with E-state index in [-0.39, 0.29) is 4.70 Å². The molecule has 0 saturated carbocycles. The summed E-state index contributed by atoms with van der Waals surface area (Å²) >= 11 is 0. The van der Waals surface area contributed by atoms with Crippen LogP contribution in [-0.4, -0.2) is 0 Å². The summed E-state index contributed by atoms with van der Waals surface area (Å²) in [5.74, 6) is 0. The largest absolute Gasteiger partial charge is 1.00 e. The van der Waals surface area contributed by atoms with Crippen LogP contribution in [0.3, 0.4) is 0 Å².